The van der Waals surface area contributed by atoms with Crippen LogP contribution in [-0.2, 0) is 17.0 Å². The van der Waals surface area contributed by atoms with Gasteiger partial charge in [-0.1, -0.05) is 18.2 Å². The smallest absolute Gasteiger partial charge is 0.237 e. The Kier molecular flexibility index (Phi) is 3.57. The molecule has 0 saturated heterocycles. The first-order valence-corrected chi connectivity index (χ1v) is 8.71. The third kappa shape index (κ3) is 2.61. The van der Waals surface area contributed by atoms with Gasteiger partial charge in [0.15, 0.2) is 5.82 Å². The van der Waals surface area contributed by atoms with Crippen molar-refractivity contribution in [2.45, 2.75) is 31.1 Å². The van der Waals surface area contributed by atoms with Crippen LogP contribution in [0.3, 0.4) is 0 Å². The summed E-state index contributed by atoms with van der Waals surface area (Å²) in [5.41, 5.74) is 2.33. The number of thioether (sulfide) groups is 1. The van der Waals surface area contributed by atoms with E-state index in [1.165, 1.54) is 5.56 Å². The molecule has 0 atom stereocenters. The summed E-state index contributed by atoms with van der Waals surface area (Å²) in [6.07, 6.45) is 3.27. The monoisotopic (exact) mass is 315 g/mol. The Hall–Kier alpha value is -1.89. The van der Waals surface area contributed by atoms with E-state index < -0.39 is 0 Å². The molecule has 22 heavy (non-hydrogen) atoms. The van der Waals surface area contributed by atoms with Gasteiger partial charge in [-0.25, -0.2) is 4.68 Å². The number of hydrogen-bond donors (Lipinski definition) is 0. The van der Waals surface area contributed by atoms with Gasteiger partial charge in [0.2, 0.25) is 5.91 Å². The summed E-state index contributed by atoms with van der Waals surface area (Å²) in [5.74, 6) is 2.19. The van der Waals surface area contributed by atoms with Crippen LogP contribution in [0.1, 0.15) is 30.3 Å². The van der Waals surface area contributed by atoms with Gasteiger partial charge in [0.25, 0.3) is 0 Å². The number of aromatic nitrogens is 4. The molecule has 1 amide bonds. The van der Waals surface area contributed by atoms with Crippen LogP contribution in [0.15, 0.2) is 24.3 Å². The zero-order chi connectivity index (χ0) is 14.9. The van der Waals surface area contributed by atoms with Crippen molar-refractivity contribution in [1.82, 2.24) is 20.2 Å². The van der Waals surface area contributed by atoms with Crippen LogP contribution in [0.25, 0.3) is 0 Å². The molecule has 4 rings (SSSR count). The molecule has 1 saturated carbocycles. The second-order valence-corrected chi connectivity index (χ2v) is 6.67. The van der Waals surface area contributed by atoms with Gasteiger partial charge in [0.1, 0.15) is 0 Å². The van der Waals surface area contributed by atoms with E-state index in [1.54, 1.807) is 11.8 Å². The number of fused-ring (bicyclic) bond motifs is 1. The van der Waals surface area contributed by atoms with Crippen molar-refractivity contribution in [2.24, 2.45) is 0 Å². The summed E-state index contributed by atoms with van der Waals surface area (Å²) in [6, 6.07) is 8.62. The van der Waals surface area contributed by atoms with Crippen LogP contribution in [0, 0.1) is 0 Å². The van der Waals surface area contributed by atoms with E-state index in [0.29, 0.717) is 17.5 Å². The van der Waals surface area contributed by atoms with Gasteiger partial charge in [-0.2, -0.15) is 0 Å². The highest BCUT2D eigenvalue weighted by atomic mass is 32.2. The van der Waals surface area contributed by atoms with Crippen molar-refractivity contribution in [3.05, 3.63) is 35.7 Å². The standard InChI is InChI=1S/C15H17N5OS/c21-15(19-8-7-11-3-1-2-4-13(11)19)10-22-9-14-16-17-18-20(14)12-5-6-12/h1-4,12H,5-10H2. The maximum atomic E-state index is 12.4. The predicted octanol–water partition coefficient (Wildman–Crippen LogP) is 1.83. The van der Waals surface area contributed by atoms with Gasteiger partial charge >= 0.3 is 0 Å². The SMILES string of the molecule is O=C(CSCc1nnnn1C1CC1)N1CCc2ccccc21. The van der Waals surface area contributed by atoms with E-state index in [-0.39, 0.29) is 5.91 Å². The van der Waals surface area contributed by atoms with Crippen LogP contribution in [0.4, 0.5) is 5.69 Å². The summed E-state index contributed by atoms with van der Waals surface area (Å²) in [5, 5.41) is 11.8. The van der Waals surface area contributed by atoms with Crippen molar-refractivity contribution in [1.29, 1.82) is 0 Å². The van der Waals surface area contributed by atoms with Gasteiger partial charge in [-0.3, -0.25) is 4.79 Å². The average molecular weight is 315 g/mol. The van der Waals surface area contributed by atoms with Crippen molar-refractivity contribution in [3.63, 3.8) is 0 Å². The van der Waals surface area contributed by atoms with E-state index in [9.17, 15) is 4.79 Å². The van der Waals surface area contributed by atoms with Gasteiger partial charge < -0.3 is 4.90 Å². The third-order valence-corrected chi connectivity index (χ3v) is 5.01. The molecule has 1 fully saturated rings. The highest BCUT2D eigenvalue weighted by Crippen LogP contribution is 2.35. The Bertz CT molecular complexity index is 697. The van der Waals surface area contributed by atoms with Crippen molar-refractivity contribution < 1.29 is 4.79 Å². The Balaban J connectivity index is 1.34. The van der Waals surface area contributed by atoms with E-state index in [4.69, 9.17) is 0 Å². The summed E-state index contributed by atoms with van der Waals surface area (Å²) in [4.78, 5) is 14.3. The fourth-order valence-electron chi connectivity index (χ4n) is 2.81. The molecule has 6 nitrogen and oxygen atoms in total. The summed E-state index contributed by atoms with van der Waals surface area (Å²) in [7, 11) is 0. The molecule has 1 aromatic heterocycles. The van der Waals surface area contributed by atoms with E-state index >= 15 is 0 Å². The van der Waals surface area contributed by atoms with Crippen LogP contribution < -0.4 is 4.90 Å². The average Bonchev–Trinajstić information content (AvgIpc) is 3.11. The summed E-state index contributed by atoms with van der Waals surface area (Å²) < 4.78 is 1.91. The Morgan fingerprint density at radius 2 is 2.18 bits per heavy atom. The number of carbonyl (C=O) groups excluding carboxylic acids is 1. The molecule has 2 heterocycles. The number of rotatable bonds is 5. The molecule has 114 valence electrons. The lowest BCUT2D eigenvalue weighted by molar-refractivity contribution is -0.116. The number of amides is 1. The second kappa shape index (κ2) is 5.72. The quantitative estimate of drug-likeness (QED) is 0.842. The largest absolute Gasteiger partial charge is 0.311 e. The fraction of sp³-hybridized carbons (Fsp3) is 0.467. The Labute approximate surface area is 132 Å². The summed E-state index contributed by atoms with van der Waals surface area (Å²) in [6.45, 7) is 0.790. The normalized spacial score (nSPS) is 16.8. The number of anilines is 1. The lowest BCUT2D eigenvalue weighted by atomic mass is 10.2. The second-order valence-electron chi connectivity index (χ2n) is 5.69. The van der Waals surface area contributed by atoms with E-state index in [1.807, 2.05) is 27.8 Å². The van der Waals surface area contributed by atoms with Gasteiger partial charge in [-0.15, -0.1) is 16.9 Å². The molecule has 2 aliphatic rings. The van der Waals surface area contributed by atoms with Crippen LogP contribution in [0.2, 0.25) is 0 Å². The highest BCUT2D eigenvalue weighted by Gasteiger charge is 2.28. The minimum absolute atomic E-state index is 0.167. The lowest BCUT2D eigenvalue weighted by Crippen LogP contribution is -2.30. The van der Waals surface area contributed by atoms with Crippen LogP contribution >= 0.6 is 11.8 Å². The van der Waals surface area contributed by atoms with Crippen LogP contribution in [-0.4, -0.2) is 38.4 Å². The Morgan fingerprint density at radius 3 is 3.05 bits per heavy atom. The first-order valence-electron chi connectivity index (χ1n) is 7.55. The van der Waals surface area contributed by atoms with Gasteiger partial charge in [-0.05, 0) is 41.3 Å². The molecule has 1 aliphatic heterocycles. The molecular formula is C15H17N5OS. The van der Waals surface area contributed by atoms with Crippen molar-refractivity contribution in [3.8, 4) is 0 Å². The zero-order valence-corrected chi connectivity index (χ0v) is 13.0. The number of nitrogens with zero attached hydrogens (tertiary/aromatic N) is 5. The lowest BCUT2D eigenvalue weighted by Gasteiger charge is -2.16. The Morgan fingerprint density at radius 1 is 1.32 bits per heavy atom. The molecule has 1 aromatic carbocycles. The molecule has 0 N–H and O–H groups in total. The summed E-state index contributed by atoms with van der Waals surface area (Å²) >= 11 is 1.59. The molecule has 0 bridgehead atoms. The number of para-hydroxylation sites is 1. The number of tetrazole rings is 1. The van der Waals surface area contributed by atoms with Gasteiger partial charge in [0, 0.05) is 12.2 Å². The number of hydrogen-bond acceptors (Lipinski definition) is 5. The molecule has 0 spiro atoms. The molecule has 1 aliphatic carbocycles. The first kappa shape index (κ1) is 13.8. The predicted molar refractivity (Wildman–Crippen MR) is 84.7 cm³/mol. The molecule has 0 radical (unpaired) electrons. The molecule has 2 aromatic rings. The number of carbonyl (C=O) groups is 1. The third-order valence-electron chi connectivity index (χ3n) is 4.10. The molecule has 7 heteroatoms. The fourth-order valence-corrected chi connectivity index (χ4v) is 3.62. The van der Waals surface area contributed by atoms with Crippen molar-refractivity contribution >= 4 is 23.4 Å². The van der Waals surface area contributed by atoms with Crippen LogP contribution in [0.5, 0.6) is 0 Å². The molecular weight excluding hydrogens is 298 g/mol. The zero-order valence-electron chi connectivity index (χ0n) is 12.2. The minimum Gasteiger partial charge on any atom is -0.311 e. The van der Waals surface area contributed by atoms with E-state index in [0.717, 1.165) is 37.3 Å². The number of benzene rings is 1. The van der Waals surface area contributed by atoms with E-state index in [2.05, 4.69) is 21.6 Å². The topological polar surface area (TPSA) is 63.9 Å². The maximum absolute atomic E-state index is 12.4. The maximum Gasteiger partial charge on any atom is 0.237 e. The highest BCUT2D eigenvalue weighted by molar-refractivity contribution is 7.99. The molecule has 0 unspecified atom stereocenters. The van der Waals surface area contributed by atoms with Crippen molar-refractivity contribution in [2.75, 3.05) is 17.2 Å². The minimum atomic E-state index is 0.167. The van der Waals surface area contributed by atoms with Gasteiger partial charge in [0.05, 0.1) is 17.5 Å². The first-order chi connectivity index (χ1) is 10.8.